The van der Waals surface area contributed by atoms with E-state index in [0.29, 0.717) is 24.2 Å². The Morgan fingerprint density at radius 3 is 1.29 bits per heavy atom. The third kappa shape index (κ3) is 13.9. The molecule has 0 saturated heterocycles. The number of hydrogen-bond donors (Lipinski definition) is 0. The highest BCUT2D eigenvalue weighted by atomic mass is 32.1. The molecule has 2 amide bonds. The lowest BCUT2D eigenvalue weighted by Crippen LogP contribution is -2.42. The highest BCUT2D eigenvalue weighted by Crippen LogP contribution is 2.47. The summed E-state index contributed by atoms with van der Waals surface area (Å²) >= 11 is 5.35. The van der Waals surface area contributed by atoms with Crippen LogP contribution in [0.1, 0.15) is 93.7 Å². The Labute approximate surface area is 374 Å². The van der Waals surface area contributed by atoms with Crippen molar-refractivity contribution >= 4 is 84.8 Å². The summed E-state index contributed by atoms with van der Waals surface area (Å²) in [6.07, 6.45) is 13.8. The van der Waals surface area contributed by atoms with Crippen LogP contribution < -0.4 is 0 Å². The molecular formula is C46H74N2O4S3Si4. The van der Waals surface area contributed by atoms with E-state index >= 15 is 0 Å². The number of carbonyl (C=O) groups is 2. The molecule has 2 aliphatic heterocycles. The summed E-state index contributed by atoms with van der Waals surface area (Å²) < 4.78 is 13.1. The first-order chi connectivity index (χ1) is 27.6. The number of unbranched alkanes of at least 4 members (excludes halogenated alkanes) is 10. The summed E-state index contributed by atoms with van der Waals surface area (Å²) in [6, 6.07) is 15.6. The maximum absolute atomic E-state index is 14.4. The Morgan fingerprint density at radius 1 is 0.458 bits per heavy atom. The van der Waals surface area contributed by atoms with E-state index in [0.717, 1.165) is 42.0 Å². The Hall–Kier alpha value is -1.69. The molecule has 13 heteroatoms. The van der Waals surface area contributed by atoms with E-state index in [1.807, 2.05) is 39.4 Å². The molecule has 0 radical (unpaired) electrons. The lowest BCUT2D eigenvalue weighted by molar-refractivity contribution is -0.124. The van der Waals surface area contributed by atoms with Gasteiger partial charge in [0, 0.05) is 43.2 Å². The molecule has 0 spiro atoms. The second-order valence-electron chi connectivity index (χ2n) is 20.0. The van der Waals surface area contributed by atoms with Gasteiger partial charge < -0.3 is 18.0 Å². The van der Waals surface area contributed by atoms with Gasteiger partial charge in [0.15, 0.2) is 33.3 Å². The number of hydrogen-bond acceptors (Lipinski definition) is 7. The second kappa shape index (κ2) is 20.7. The molecule has 0 saturated carbocycles. The summed E-state index contributed by atoms with van der Waals surface area (Å²) in [5, 5.41) is 0. The van der Waals surface area contributed by atoms with Gasteiger partial charge in [0.1, 0.15) is 0 Å². The van der Waals surface area contributed by atoms with Crippen LogP contribution in [0.4, 0.5) is 0 Å². The molecule has 6 nitrogen and oxygen atoms in total. The fraction of sp³-hybridized carbons (Fsp3) is 0.609. The lowest BCUT2D eigenvalue weighted by atomic mass is 10.1. The highest BCUT2D eigenvalue weighted by Gasteiger charge is 2.47. The summed E-state index contributed by atoms with van der Waals surface area (Å²) in [5.74, 6) is 0.00731. The minimum Gasteiger partial charge on any atom is -0.456 e. The zero-order valence-corrected chi connectivity index (χ0v) is 45.0. The van der Waals surface area contributed by atoms with Crippen LogP contribution in [-0.4, -0.2) is 68.0 Å². The van der Waals surface area contributed by atoms with Crippen molar-refractivity contribution in [2.24, 2.45) is 0 Å². The molecule has 326 valence electrons. The molecule has 0 fully saturated rings. The fourth-order valence-electron chi connectivity index (χ4n) is 8.88. The summed E-state index contributed by atoms with van der Waals surface area (Å²) in [4.78, 5) is 39.9. The van der Waals surface area contributed by atoms with E-state index < -0.39 is 33.3 Å². The van der Waals surface area contributed by atoms with Crippen LogP contribution in [0.5, 0.6) is 0 Å². The fourth-order valence-corrected chi connectivity index (χ4v) is 28.3. The number of thiophene rings is 3. The molecule has 0 unspecified atom stereocenters. The summed E-state index contributed by atoms with van der Waals surface area (Å²) in [6.45, 7) is 28.7. The Morgan fingerprint density at radius 2 is 0.831 bits per heavy atom. The van der Waals surface area contributed by atoms with Crippen molar-refractivity contribution in [2.45, 2.75) is 168 Å². The zero-order valence-electron chi connectivity index (χ0n) is 38.5. The lowest BCUT2D eigenvalue weighted by Gasteiger charge is -2.31. The molecule has 0 aliphatic carbocycles. The predicted molar refractivity (Wildman–Crippen MR) is 268 cm³/mol. The molecule has 0 atom stereocenters. The van der Waals surface area contributed by atoms with Gasteiger partial charge in [-0.15, -0.1) is 34.0 Å². The van der Waals surface area contributed by atoms with Gasteiger partial charge in [0.2, 0.25) is 0 Å². The van der Waals surface area contributed by atoms with Crippen LogP contribution in [0.25, 0.3) is 25.2 Å². The smallest absolute Gasteiger partial charge is 0.261 e. The van der Waals surface area contributed by atoms with E-state index in [2.05, 4.69) is 109 Å². The van der Waals surface area contributed by atoms with Crippen LogP contribution in [-0.2, 0) is 17.8 Å². The van der Waals surface area contributed by atoms with Crippen molar-refractivity contribution in [2.75, 3.05) is 13.1 Å². The minimum absolute atomic E-state index is 0.00365. The first-order valence-corrected chi connectivity index (χ1v) is 37.9. The highest BCUT2D eigenvalue weighted by molar-refractivity contribution is 7.26. The van der Waals surface area contributed by atoms with Crippen LogP contribution >= 0.6 is 34.0 Å². The zero-order chi connectivity index (χ0) is 43.2. The molecular weight excluding hydrogens is 853 g/mol. The topological polar surface area (TPSA) is 59.1 Å². The van der Waals surface area contributed by atoms with E-state index in [4.69, 9.17) is 8.23 Å². The van der Waals surface area contributed by atoms with Crippen LogP contribution in [0, 0.1) is 6.92 Å². The summed E-state index contributed by atoms with van der Waals surface area (Å²) in [7, 11) is -6.16. The van der Waals surface area contributed by atoms with Crippen molar-refractivity contribution in [3.05, 3.63) is 63.0 Å². The average Bonchev–Trinajstić information content (AvgIpc) is 3.94. The van der Waals surface area contributed by atoms with Gasteiger partial charge in [-0.1, -0.05) is 64.2 Å². The van der Waals surface area contributed by atoms with Gasteiger partial charge in [-0.2, -0.15) is 0 Å². The van der Waals surface area contributed by atoms with Crippen molar-refractivity contribution in [1.29, 1.82) is 0 Å². The van der Waals surface area contributed by atoms with E-state index in [-0.39, 0.29) is 11.8 Å². The minimum atomic E-state index is -1.59. The predicted octanol–water partition coefficient (Wildman–Crippen LogP) is 15.0. The third-order valence-corrected chi connectivity index (χ3v) is 27.1. The van der Waals surface area contributed by atoms with Crippen molar-refractivity contribution < 1.29 is 17.8 Å². The van der Waals surface area contributed by atoms with Gasteiger partial charge in [0.25, 0.3) is 11.8 Å². The third-order valence-electron chi connectivity index (χ3n) is 11.1. The SMILES string of the molecule is CC1=C2C(=O)N(CCCCCCCC[Si](C)(C)O[Si](C)(C)C)C(c3ccc(-c4ccc(-c5ccc(C)s5)s4)s3)=C2C(=O)N1CCCCCCCC[Si](C)(C)O[Si](C)(C)C. The number of aryl methyl sites for hydroxylation is 1. The van der Waals surface area contributed by atoms with Crippen molar-refractivity contribution in [1.82, 2.24) is 9.80 Å². The van der Waals surface area contributed by atoms with Gasteiger partial charge >= 0.3 is 0 Å². The van der Waals surface area contributed by atoms with Gasteiger partial charge in [-0.25, -0.2) is 0 Å². The Bertz CT molecular complexity index is 1960. The number of nitrogens with zero attached hydrogens (tertiary/aromatic N) is 2. The molecule has 2 aliphatic rings. The average molecular weight is 928 g/mol. The maximum atomic E-state index is 14.4. The van der Waals surface area contributed by atoms with Crippen LogP contribution in [0.15, 0.2) is 53.2 Å². The van der Waals surface area contributed by atoms with Gasteiger partial charge in [-0.3, -0.25) is 9.59 Å². The Kier molecular flexibility index (Phi) is 16.9. The van der Waals surface area contributed by atoms with Gasteiger partial charge in [0.05, 0.1) is 21.7 Å². The van der Waals surface area contributed by atoms with E-state index in [1.54, 1.807) is 11.3 Å². The summed E-state index contributed by atoms with van der Waals surface area (Å²) in [5.41, 5.74) is 2.92. The van der Waals surface area contributed by atoms with Crippen molar-refractivity contribution in [3.63, 3.8) is 0 Å². The molecule has 3 aromatic rings. The normalized spacial score (nSPS) is 15.5. The van der Waals surface area contributed by atoms with E-state index in [1.165, 1.54) is 87.8 Å². The van der Waals surface area contributed by atoms with Crippen LogP contribution in [0.2, 0.25) is 77.6 Å². The van der Waals surface area contributed by atoms with E-state index in [9.17, 15) is 9.59 Å². The molecule has 59 heavy (non-hydrogen) atoms. The quantitative estimate of drug-likeness (QED) is 0.0627. The number of fused-ring (bicyclic) bond motifs is 1. The molecule has 0 bridgehead atoms. The maximum Gasteiger partial charge on any atom is 0.261 e. The van der Waals surface area contributed by atoms with Crippen LogP contribution in [0.3, 0.4) is 0 Å². The monoisotopic (exact) mass is 926 g/mol. The molecule has 5 rings (SSSR count). The largest absolute Gasteiger partial charge is 0.456 e. The van der Waals surface area contributed by atoms with Crippen molar-refractivity contribution in [3.8, 4) is 19.5 Å². The second-order valence-corrected chi connectivity index (χ2v) is 41.6. The van der Waals surface area contributed by atoms with Gasteiger partial charge in [-0.05, 0) is 141 Å². The molecule has 5 heterocycles. The molecule has 0 N–H and O–H groups in total. The molecule has 3 aromatic heterocycles. The standard InChI is InChI=1S/C46H74N2O4S3Si4/c1-35-25-26-37(53-35)38-27-28-39(54-38)40-29-30-41(55-40)44-43-42(45(49)48(44)32-22-18-14-16-20-24-34-59(11,12)52-57(6,7)8)36(2)47(46(43)50)31-21-17-13-15-19-23-33-58(9,10)51-56(3,4)5/h25-30H,13-24,31-34H2,1-12H3. The number of allylic oxidation sites excluding steroid dienone is 1. The number of amides is 2. The first kappa shape index (κ1) is 48.3. The molecule has 0 aromatic carbocycles. The first-order valence-electron chi connectivity index (χ1n) is 22.4. The number of carbonyl (C=O) groups excluding carboxylic acids is 2. The number of rotatable bonds is 25. The Balaban J connectivity index is 1.21.